The Morgan fingerprint density at radius 3 is 2.29 bits per heavy atom. The van der Waals surface area contributed by atoms with Gasteiger partial charge >= 0.3 is 37.7 Å². The summed E-state index contributed by atoms with van der Waals surface area (Å²) in [6.45, 7) is 0. The minimum atomic E-state index is 0. The largest absolute Gasteiger partial charge is 1.00 e. The van der Waals surface area contributed by atoms with Crippen LogP contribution >= 0.6 is 11.3 Å². The normalized spacial score (nSPS) is 5.71. The number of hydrogen-bond donors (Lipinski definition) is 0. The zero-order chi connectivity index (χ0) is 3.54. The molecule has 1 aromatic rings. The maximum atomic E-state index is 2.90. The van der Waals surface area contributed by atoms with Crippen LogP contribution in [0.2, 0.25) is 0 Å². The molecule has 0 radical (unpaired) electrons. The third-order valence-electron chi connectivity index (χ3n) is 0.379. The Morgan fingerprint density at radius 1 is 1.43 bits per heavy atom. The molecule has 1 rings (SSSR count). The standard InChI is InChI=1S/C4H3S.2Li.H/c1-2-4-5-3-1;;;/h1-3H;;;/q-1;2*+1;-1. The van der Waals surface area contributed by atoms with Gasteiger partial charge in [0, 0.05) is 0 Å². The van der Waals surface area contributed by atoms with E-state index < -0.39 is 0 Å². The van der Waals surface area contributed by atoms with Crippen LogP contribution < -0.4 is 37.7 Å². The maximum Gasteiger partial charge on any atom is 1.00 e. The van der Waals surface area contributed by atoms with Gasteiger partial charge in [-0.2, -0.15) is 11.4 Å². The second-order valence-corrected chi connectivity index (χ2v) is 1.47. The van der Waals surface area contributed by atoms with Crippen molar-refractivity contribution < 1.29 is 39.1 Å². The van der Waals surface area contributed by atoms with Crippen molar-refractivity contribution in [3.05, 3.63) is 22.9 Å². The molecule has 0 N–H and O–H groups in total. The van der Waals surface area contributed by atoms with Crippen molar-refractivity contribution in [2.45, 2.75) is 0 Å². The van der Waals surface area contributed by atoms with Crippen molar-refractivity contribution in [2.75, 3.05) is 0 Å². The molecule has 0 aliphatic carbocycles. The molecule has 0 nitrogen and oxygen atoms in total. The van der Waals surface area contributed by atoms with Crippen LogP contribution in [0.15, 0.2) is 17.5 Å². The van der Waals surface area contributed by atoms with E-state index in [2.05, 4.69) is 5.38 Å². The minimum Gasteiger partial charge on any atom is -1.00 e. The first-order valence-corrected chi connectivity index (χ1v) is 2.27. The van der Waals surface area contributed by atoms with Crippen LogP contribution in [0.1, 0.15) is 1.43 Å². The summed E-state index contributed by atoms with van der Waals surface area (Å²) in [4.78, 5) is 0. The first-order valence-electron chi connectivity index (χ1n) is 1.40. The van der Waals surface area contributed by atoms with Crippen LogP contribution in [0.4, 0.5) is 0 Å². The molecule has 1 aromatic heterocycles. The van der Waals surface area contributed by atoms with Gasteiger partial charge in [0.2, 0.25) is 0 Å². The Morgan fingerprint density at radius 2 is 2.14 bits per heavy atom. The van der Waals surface area contributed by atoms with E-state index >= 15 is 0 Å². The van der Waals surface area contributed by atoms with Gasteiger partial charge in [0.25, 0.3) is 0 Å². The summed E-state index contributed by atoms with van der Waals surface area (Å²) in [6.07, 6.45) is 0. The van der Waals surface area contributed by atoms with Gasteiger partial charge in [-0.15, -0.1) is 5.38 Å². The molecule has 0 atom stereocenters. The summed E-state index contributed by atoms with van der Waals surface area (Å²) >= 11 is 1.59. The van der Waals surface area contributed by atoms with E-state index in [-0.39, 0.29) is 39.1 Å². The topological polar surface area (TPSA) is 0 Å². The average molecular weight is 98.0 g/mol. The Balaban J connectivity index is -0.0000000833. The molecule has 3 heteroatoms. The van der Waals surface area contributed by atoms with Crippen LogP contribution in [0, 0.1) is 5.38 Å². The monoisotopic (exact) mass is 98.0 g/mol. The summed E-state index contributed by atoms with van der Waals surface area (Å²) in [5.74, 6) is 0. The molecule has 0 unspecified atom stereocenters. The van der Waals surface area contributed by atoms with E-state index in [0.717, 1.165) is 0 Å². The molecule has 0 fully saturated rings. The molecular formula is C4H4Li2S. The number of rotatable bonds is 0. The molecule has 7 heavy (non-hydrogen) atoms. The second-order valence-electron chi connectivity index (χ2n) is 0.731. The molecule has 0 aromatic carbocycles. The quantitative estimate of drug-likeness (QED) is 0.227. The van der Waals surface area contributed by atoms with Crippen molar-refractivity contribution in [2.24, 2.45) is 0 Å². The van der Waals surface area contributed by atoms with Crippen LogP contribution in [-0.2, 0) is 0 Å². The number of hydrogen-bond acceptors (Lipinski definition) is 1. The van der Waals surface area contributed by atoms with Crippen LogP contribution in [0.25, 0.3) is 0 Å². The summed E-state index contributed by atoms with van der Waals surface area (Å²) in [5.41, 5.74) is 0. The van der Waals surface area contributed by atoms with Crippen molar-refractivity contribution >= 4 is 11.3 Å². The zero-order valence-electron chi connectivity index (χ0n) is 5.64. The first kappa shape index (κ1) is 10.8. The molecule has 28 valence electrons. The van der Waals surface area contributed by atoms with Crippen molar-refractivity contribution in [3.63, 3.8) is 0 Å². The van der Waals surface area contributed by atoms with E-state index in [1.165, 1.54) is 0 Å². The van der Waals surface area contributed by atoms with Gasteiger partial charge in [0.05, 0.1) is 0 Å². The minimum absolute atomic E-state index is 0. The summed E-state index contributed by atoms with van der Waals surface area (Å²) in [5, 5.41) is 4.89. The van der Waals surface area contributed by atoms with Gasteiger partial charge in [-0.1, -0.05) is 0 Å². The molecular weight excluding hydrogens is 94.0 g/mol. The Labute approximate surface area is 73.2 Å². The maximum absolute atomic E-state index is 2.90. The predicted molar refractivity (Wildman–Crippen MR) is 24.3 cm³/mol. The first-order chi connectivity index (χ1) is 2.50. The van der Waals surface area contributed by atoms with Gasteiger partial charge in [0.15, 0.2) is 0 Å². The predicted octanol–water partition coefficient (Wildman–Crippen LogP) is -4.33. The Bertz CT molecular complexity index is 70.5. The summed E-state index contributed by atoms with van der Waals surface area (Å²) in [6, 6.07) is 3.86. The molecule has 1 heterocycles. The molecule has 0 spiro atoms. The molecule has 0 aliphatic rings. The smallest absolute Gasteiger partial charge is 1.00 e. The fourth-order valence-corrected chi connectivity index (χ4v) is 0.589. The van der Waals surface area contributed by atoms with E-state index in [1.807, 2.05) is 17.5 Å². The SMILES string of the molecule is [H-].[Li+].[Li+].[c-]1cccs1. The molecule has 0 amide bonds. The van der Waals surface area contributed by atoms with Crippen molar-refractivity contribution in [1.82, 2.24) is 0 Å². The summed E-state index contributed by atoms with van der Waals surface area (Å²) < 4.78 is 0. The van der Waals surface area contributed by atoms with E-state index in [4.69, 9.17) is 0 Å². The average Bonchev–Trinajstić information content (AvgIpc) is 1.76. The van der Waals surface area contributed by atoms with E-state index in [0.29, 0.717) is 0 Å². The molecule has 0 bridgehead atoms. The van der Waals surface area contributed by atoms with Gasteiger partial charge in [-0.05, 0) is 0 Å². The number of thiophene rings is 1. The Kier molecular flexibility index (Phi) is 10.6. The third-order valence-corrected chi connectivity index (χ3v) is 0.944. The van der Waals surface area contributed by atoms with Crippen LogP contribution in [0.3, 0.4) is 0 Å². The van der Waals surface area contributed by atoms with Gasteiger partial charge < -0.3 is 12.8 Å². The third kappa shape index (κ3) is 4.75. The Hall–Kier alpha value is 0.895. The zero-order valence-corrected chi connectivity index (χ0v) is 5.46. The van der Waals surface area contributed by atoms with Gasteiger partial charge in [0.1, 0.15) is 0 Å². The summed E-state index contributed by atoms with van der Waals surface area (Å²) in [7, 11) is 0. The van der Waals surface area contributed by atoms with Gasteiger partial charge in [-0.25, -0.2) is 6.07 Å². The second kappa shape index (κ2) is 6.89. The van der Waals surface area contributed by atoms with Crippen molar-refractivity contribution in [1.29, 1.82) is 0 Å². The molecule has 0 saturated carbocycles. The van der Waals surface area contributed by atoms with E-state index in [1.54, 1.807) is 11.3 Å². The van der Waals surface area contributed by atoms with Gasteiger partial charge in [-0.3, -0.25) is 0 Å². The van der Waals surface area contributed by atoms with E-state index in [9.17, 15) is 0 Å². The molecule has 0 aliphatic heterocycles. The van der Waals surface area contributed by atoms with Crippen LogP contribution in [-0.4, -0.2) is 0 Å². The fraction of sp³-hybridized carbons (Fsp3) is 0. The van der Waals surface area contributed by atoms with Crippen LogP contribution in [0.5, 0.6) is 0 Å². The fourth-order valence-electron chi connectivity index (χ4n) is 0.196. The molecule has 0 saturated heterocycles. The van der Waals surface area contributed by atoms with Crippen molar-refractivity contribution in [3.8, 4) is 0 Å².